The largest absolute Gasteiger partial charge is 0.463 e. The van der Waals surface area contributed by atoms with E-state index in [0.29, 0.717) is 32.5 Å². The van der Waals surface area contributed by atoms with E-state index in [2.05, 4.69) is 11.8 Å². The van der Waals surface area contributed by atoms with Crippen molar-refractivity contribution in [2.45, 2.75) is 110 Å². The maximum absolute atomic E-state index is 14.2. The lowest BCUT2D eigenvalue weighted by molar-refractivity contribution is -0.295. The second-order valence-electron chi connectivity index (χ2n) is 15.5. The summed E-state index contributed by atoms with van der Waals surface area (Å²) in [5.74, 6) is -1.43. The number of hydrogen-bond acceptors (Lipinski definition) is 11. The Kier molecular flexibility index (Phi) is 12.9. The lowest BCUT2D eigenvalue weighted by Crippen LogP contribution is -2.62. The normalized spacial score (nSPS) is 38.0. The smallest absolute Gasteiger partial charge is 0.319 e. The standard InChI is InChI=1S/C34H62N4O8/c1-20-15-34(7,43-13)29(46-31-27(39)25(36(10)11)14-21(2)45-31)22(3)28(40)33(5,6)32(42)44-19-26(37(12)16-20)24-17-38(18-24)30(41)23(4)35(8)9/h20-27,29,31,39H,14-19H2,1-13H3/t20-,21-,22+,23-,25+,26-,27-,29-,31+,34-/m1/s1. The first-order valence-corrected chi connectivity index (χ1v) is 16.8. The summed E-state index contributed by atoms with van der Waals surface area (Å²) in [4.78, 5) is 48.7. The molecule has 0 aromatic carbocycles. The van der Waals surface area contributed by atoms with Crippen LogP contribution in [0.1, 0.15) is 61.3 Å². The van der Waals surface area contributed by atoms with Crippen LogP contribution in [-0.4, -0.2) is 159 Å². The molecule has 3 rings (SSSR count). The van der Waals surface area contributed by atoms with Crippen LogP contribution in [0.5, 0.6) is 0 Å². The number of esters is 1. The Morgan fingerprint density at radius 2 is 1.67 bits per heavy atom. The Hall–Kier alpha value is -1.67. The van der Waals surface area contributed by atoms with E-state index in [4.69, 9.17) is 18.9 Å². The molecule has 0 bridgehead atoms. The fourth-order valence-electron chi connectivity index (χ4n) is 7.48. The maximum atomic E-state index is 14.2. The summed E-state index contributed by atoms with van der Waals surface area (Å²) >= 11 is 0. The van der Waals surface area contributed by atoms with Crippen molar-refractivity contribution in [3.8, 4) is 0 Å². The molecule has 0 aliphatic carbocycles. The molecule has 1 N–H and O–H groups in total. The summed E-state index contributed by atoms with van der Waals surface area (Å²) in [6, 6.07) is -0.544. The highest BCUT2D eigenvalue weighted by Gasteiger charge is 2.52. The van der Waals surface area contributed by atoms with Gasteiger partial charge in [-0.05, 0) is 88.6 Å². The number of ether oxygens (including phenoxy) is 4. The molecule has 3 aliphatic rings. The maximum Gasteiger partial charge on any atom is 0.319 e. The molecule has 0 aromatic heterocycles. The molecule has 12 nitrogen and oxygen atoms in total. The van der Waals surface area contributed by atoms with E-state index in [9.17, 15) is 19.5 Å². The van der Waals surface area contributed by atoms with Crippen LogP contribution < -0.4 is 0 Å². The Labute approximate surface area is 277 Å². The molecule has 0 aromatic rings. The predicted octanol–water partition coefficient (Wildman–Crippen LogP) is 1.73. The molecule has 3 fully saturated rings. The molecule has 1 amide bonds. The van der Waals surface area contributed by atoms with Gasteiger partial charge in [-0.3, -0.25) is 24.2 Å². The first-order chi connectivity index (χ1) is 21.2. The highest BCUT2D eigenvalue weighted by atomic mass is 16.7. The number of amides is 1. The molecule has 0 radical (unpaired) electrons. The summed E-state index contributed by atoms with van der Waals surface area (Å²) in [5, 5.41) is 11.3. The monoisotopic (exact) mass is 654 g/mol. The van der Waals surface area contributed by atoms with Gasteiger partial charge in [-0.15, -0.1) is 0 Å². The molecule has 46 heavy (non-hydrogen) atoms. The van der Waals surface area contributed by atoms with Gasteiger partial charge in [-0.2, -0.15) is 0 Å². The number of carbonyl (C=O) groups excluding carboxylic acids is 3. The van der Waals surface area contributed by atoms with Crippen molar-refractivity contribution in [2.24, 2.45) is 23.2 Å². The Balaban J connectivity index is 1.93. The predicted molar refractivity (Wildman–Crippen MR) is 175 cm³/mol. The van der Waals surface area contributed by atoms with E-state index in [1.807, 2.05) is 70.7 Å². The molecule has 12 heteroatoms. The number of aliphatic hydroxyl groups excluding tert-OH is 1. The number of ketones is 1. The highest BCUT2D eigenvalue weighted by Crippen LogP contribution is 2.38. The van der Waals surface area contributed by atoms with Crippen LogP contribution in [0, 0.1) is 23.2 Å². The minimum atomic E-state index is -1.47. The number of likely N-dealkylation sites (tertiary alicyclic amines) is 1. The zero-order valence-electron chi connectivity index (χ0n) is 30.6. The highest BCUT2D eigenvalue weighted by molar-refractivity contribution is 6.04. The van der Waals surface area contributed by atoms with E-state index in [-0.39, 0.29) is 54.4 Å². The number of aliphatic hydroxyl groups is 1. The molecule has 0 saturated carbocycles. The zero-order chi connectivity index (χ0) is 34.9. The van der Waals surface area contributed by atoms with E-state index < -0.39 is 41.4 Å². The summed E-state index contributed by atoms with van der Waals surface area (Å²) in [5.41, 5.74) is -2.43. The molecule has 3 aliphatic heterocycles. The first kappa shape index (κ1) is 38.8. The zero-order valence-corrected chi connectivity index (χ0v) is 30.6. The van der Waals surface area contributed by atoms with E-state index in [1.54, 1.807) is 27.9 Å². The number of Topliss-reactive ketones (excluding diaryl/α,β-unsaturated/α-hetero) is 1. The van der Waals surface area contributed by atoms with Gasteiger partial charge in [0.15, 0.2) is 12.1 Å². The van der Waals surface area contributed by atoms with Gasteiger partial charge in [-0.1, -0.05) is 13.8 Å². The summed E-state index contributed by atoms with van der Waals surface area (Å²) in [6.45, 7) is 14.8. The third-order valence-corrected chi connectivity index (χ3v) is 10.8. The van der Waals surface area contributed by atoms with E-state index in [0.717, 1.165) is 0 Å². The molecular formula is C34H62N4O8. The average Bonchev–Trinajstić information content (AvgIpc) is 2.95. The molecular weight excluding hydrogens is 592 g/mol. The number of nitrogens with zero attached hydrogens (tertiary/aromatic N) is 4. The van der Waals surface area contributed by atoms with Crippen molar-refractivity contribution in [3.05, 3.63) is 0 Å². The summed E-state index contributed by atoms with van der Waals surface area (Å²) < 4.78 is 24.9. The fraction of sp³-hybridized carbons (Fsp3) is 0.912. The van der Waals surface area contributed by atoms with Crippen LogP contribution in [-0.2, 0) is 33.3 Å². The van der Waals surface area contributed by atoms with Crippen molar-refractivity contribution >= 4 is 17.7 Å². The number of methoxy groups -OCH3 is 1. The Morgan fingerprint density at radius 1 is 1.07 bits per heavy atom. The van der Waals surface area contributed by atoms with Crippen LogP contribution >= 0.6 is 0 Å². The van der Waals surface area contributed by atoms with E-state index in [1.165, 1.54) is 0 Å². The van der Waals surface area contributed by atoms with Gasteiger partial charge in [0.1, 0.15) is 18.1 Å². The van der Waals surface area contributed by atoms with Gasteiger partial charge in [0.05, 0.1) is 23.9 Å². The summed E-state index contributed by atoms with van der Waals surface area (Å²) in [7, 11) is 11.2. The van der Waals surface area contributed by atoms with Gasteiger partial charge < -0.3 is 33.9 Å². The van der Waals surface area contributed by atoms with Crippen LogP contribution in [0.4, 0.5) is 0 Å². The number of carbonyl (C=O) groups is 3. The van der Waals surface area contributed by atoms with Gasteiger partial charge in [-0.25, -0.2) is 0 Å². The molecule has 3 heterocycles. The number of hydrogen-bond donors (Lipinski definition) is 1. The number of cyclic esters (lactones) is 1. The van der Waals surface area contributed by atoms with Crippen molar-refractivity contribution < 1.29 is 38.4 Å². The second kappa shape index (κ2) is 15.3. The van der Waals surface area contributed by atoms with Crippen molar-refractivity contribution in [1.82, 2.24) is 19.6 Å². The lowest BCUT2D eigenvalue weighted by Gasteiger charge is -2.48. The second-order valence-corrected chi connectivity index (χ2v) is 15.5. The lowest BCUT2D eigenvalue weighted by atomic mass is 9.74. The minimum Gasteiger partial charge on any atom is -0.463 e. The third kappa shape index (κ3) is 8.30. The van der Waals surface area contributed by atoms with Gasteiger partial charge in [0.25, 0.3) is 0 Å². The van der Waals surface area contributed by atoms with Crippen molar-refractivity contribution in [2.75, 3.05) is 68.6 Å². The van der Waals surface area contributed by atoms with Crippen LogP contribution in [0.2, 0.25) is 0 Å². The topological polar surface area (TPSA) is 121 Å². The average molecular weight is 655 g/mol. The van der Waals surface area contributed by atoms with Crippen LogP contribution in [0.15, 0.2) is 0 Å². The van der Waals surface area contributed by atoms with Crippen molar-refractivity contribution in [3.63, 3.8) is 0 Å². The van der Waals surface area contributed by atoms with E-state index >= 15 is 0 Å². The number of likely N-dealkylation sites (N-methyl/N-ethyl adjacent to an activating group) is 3. The quantitative estimate of drug-likeness (QED) is 0.319. The Morgan fingerprint density at radius 3 is 2.22 bits per heavy atom. The minimum absolute atomic E-state index is 0.0832. The Bertz CT molecular complexity index is 1070. The molecule has 10 atom stereocenters. The first-order valence-electron chi connectivity index (χ1n) is 16.8. The molecule has 0 spiro atoms. The van der Waals surface area contributed by atoms with Crippen LogP contribution in [0.25, 0.3) is 0 Å². The SMILES string of the molecule is CO[C@]1(C)C[C@@H](C)CN(C)[C@@H](C2CN(C(=O)[C@@H](C)N(C)C)C2)COC(=O)C(C)(C)C(=O)[C@H](C)[C@H]1O[C@@H]1O[C@H](C)C[C@H](N(C)C)[C@H]1O. The van der Waals surface area contributed by atoms with Gasteiger partial charge in [0, 0.05) is 50.7 Å². The number of rotatable bonds is 7. The van der Waals surface area contributed by atoms with Gasteiger partial charge in [0.2, 0.25) is 5.91 Å². The third-order valence-electron chi connectivity index (χ3n) is 10.8. The van der Waals surface area contributed by atoms with Gasteiger partial charge >= 0.3 is 5.97 Å². The molecule has 266 valence electrons. The molecule has 3 saturated heterocycles. The van der Waals surface area contributed by atoms with Crippen molar-refractivity contribution in [1.29, 1.82) is 0 Å². The summed E-state index contributed by atoms with van der Waals surface area (Å²) in [6.07, 6.45) is -1.76. The van der Waals surface area contributed by atoms with Crippen LogP contribution in [0.3, 0.4) is 0 Å². The fourth-order valence-corrected chi connectivity index (χ4v) is 7.48. The molecule has 0 unspecified atom stereocenters.